The molecule has 0 unspecified atom stereocenters. The molecule has 0 spiro atoms. The highest BCUT2D eigenvalue weighted by atomic mass is 32.2. The van der Waals surface area contributed by atoms with Gasteiger partial charge in [0.05, 0.1) is 12.0 Å². The lowest BCUT2D eigenvalue weighted by Gasteiger charge is -2.25. The Kier molecular flexibility index (Phi) is 7.39. The molecule has 0 radical (unpaired) electrons. The molecule has 32 heavy (non-hydrogen) atoms. The van der Waals surface area contributed by atoms with Crippen LogP contribution in [0, 0.1) is 6.92 Å². The van der Waals surface area contributed by atoms with Crippen molar-refractivity contribution in [1.29, 1.82) is 0 Å². The number of furan rings is 1. The first-order valence-corrected chi connectivity index (χ1v) is 11.8. The molecule has 0 atom stereocenters. The van der Waals surface area contributed by atoms with Crippen LogP contribution in [0.5, 0.6) is 0 Å². The van der Waals surface area contributed by atoms with Gasteiger partial charge in [-0.2, -0.15) is 5.10 Å². The summed E-state index contributed by atoms with van der Waals surface area (Å²) in [7, 11) is 0. The molecular formula is C23H27N5O3S. The highest BCUT2D eigenvalue weighted by Gasteiger charge is 2.24. The zero-order valence-electron chi connectivity index (χ0n) is 18.0. The molecule has 9 heteroatoms. The van der Waals surface area contributed by atoms with Crippen LogP contribution in [0.2, 0.25) is 0 Å². The molecule has 1 amide bonds. The fourth-order valence-electron chi connectivity index (χ4n) is 3.82. The van der Waals surface area contributed by atoms with E-state index in [2.05, 4.69) is 56.5 Å². The lowest BCUT2D eigenvalue weighted by atomic mass is 9.95. The molecule has 4 rings (SSSR count). The van der Waals surface area contributed by atoms with Crippen LogP contribution in [-0.4, -0.2) is 37.7 Å². The summed E-state index contributed by atoms with van der Waals surface area (Å²) in [6, 6.07) is 12.0. The maximum absolute atomic E-state index is 12.3. The standard InChI is InChI=1S/C23H27N5O3S/c1-16-7-9-17(10-8-16)22-26-27-23(28(22)18-5-3-2-4-6-18)32-15-21(30)25-24-13-19-11-12-20(14-29)31-19/h7-13,18,29H,2-6,14-15H2,1H3,(H,25,30). The van der Waals surface area contributed by atoms with Gasteiger partial charge >= 0.3 is 0 Å². The minimum atomic E-state index is -0.240. The van der Waals surface area contributed by atoms with Gasteiger partial charge in [0.15, 0.2) is 11.0 Å². The number of amides is 1. The largest absolute Gasteiger partial charge is 0.458 e. The third kappa shape index (κ3) is 5.46. The van der Waals surface area contributed by atoms with Gasteiger partial charge in [0.2, 0.25) is 0 Å². The van der Waals surface area contributed by atoms with E-state index in [0.29, 0.717) is 17.6 Å². The minimum absolute atomic E-state index is 0.177. The number of thioether (sulfide) groups is 1. The van der Waals surface area contributed by atoms with E-state index >= 15 is 0 Å². The number of aliphatic hydroxyl groups excluding tert-OH is 1. The van der Waals surface area contributed by atoms with Crippen LogP contribution in [-0.2, 0) is 11.4 Å². The van der Waals surface area contributed by atoms with Crippen molar-refractivity contribution in [1.82, 2.24) is 20.2 Å². The highest BCUT2D eigenvalue weighted by molar-refractivity contribution is 7.99. The summed E-state index contributed by atoms with van der Waals surface area (Å²) >= 11 is 1.37. The van der Waals surface area contributed by atoms with Gasteiger partial charge < -0.3 is 9.52 Å². The first-order valence-electron chi connectivity index (χ1n) is 10.8. The van der Waals surface area contributed by atoms with Crippen LogP contribution in [0.25, 0.3) is 11.4 Å². The van der Waals surface area contributed by atoms with E-state index in [4.69, 9.17) is 9.52 Å². The molecule has 0 aliphatic heterocycles. The van der Waals surface area contributed by atoms with Crippen LogP contribution in [0.3, 0.4) is 0 Å². The van der Waals surface area contributed by atoms with Crippen LogP contribution in [0.4, 0.5) is 0 Å². The Morgan fingerprint density at radius 3 is 2.72 bits per heavy atom. The number of nitrogens with zero attached hydrogens (tertiary/aromatic N) is 4. The van der Waals surface area contributed by atoms with Crippen LogP contribution < -0.4 is 5.43 Å². The van der Waals surface area contributed by atoms with Gasteiger partial charge in [-0.1, -0.05) is 60.9 Å². The summed E-state index contributed by atoms with van der Waals surface area (Å²) in [5.41, 5.74) is 4.74. The normalized spacial score (nSPS) is 14.8. The molecule has 8 nitrogen and oxygen atoms in total. The van der Waals surface area contributed by atoms with Crippen molar-refractivity contribution >= 4 is 23.9 Å². The van der Waals surface area contributed by atoms with Crippen LogP contribution >= 0.6 is 11.8 Å². The van der Waals surface area contributed by atoms with Crippen molar-refractivity contribution < 1.29 is 14.3 Å². The van der Waals surface area contributed by atoms with E-state index in [-0.39, 0.29) is 18.3 Å². The van der Waals surface area contributed by atoms with Gasteiger partial charge in [0.1, 0.15) is 18.1 Å². The average Bonchev–Trinajstić information content (AvgIpc) is 3.46. The number of hydrazone groups is 1. The molecule has 168 valence electrons. The molecule has 2 aromatic heterocycles. The number of hydrogen-bond donors (Lipinski definition) is 2. The Balaban J connectivity index is 1.44. The minimum Gasteiger partial charge on any atom is -0.458 e. The maximum Gasteiger partial charge on any atom is 0.250 e. The van der Waals surface area contributed by atoms with Gasteiger partial charge in [-0.3, -0.25) is 9.36 Å². The Morgan fingerprint density at radius 1 is 1.22 bits per heavy atom. The fraction of sp³-hybridized carbons (Fsp3) is 0.391. The summed E-state index contributed by atoms with van der Waals surface area (Å²) in [5, 5.41) is 22.6. The number of aliphatic hydroxyl groups is 1. The Morgan fingerprint density at radius 2 is 2.00 bits per heavy atom. The van der Waals surface area contributed by atoms with Gasteiger partial charge in [-0.25, -0.2) is 5.43 Å². The first-order chi connectivity index (χ1) is 15.6. The number of rotatable bonds is 8. The molecule has 2 N–H and O–H groups in total. The second-order valence-electron chi connectivity index (χ2n) is 7.88. The number of nitrogens with one attached hydrogen (secondary N) is 1. The van der Waals surface area contributed by atoms with Gasteiger partial charge in [0.25, 0.3) is 5.91 Å². The van der Waals surface area contributed by atoms with E-state index in [9.17, 15) is 4.79 Å². The molecule has 0 saturated heterocycles. The van der Waals surface area contributed by atoms with Crippen molar-refractivity contribution in [2.75, 3.05) is 5.75 Å². The molecule has 1 fully saturated rings. The molecule has 1 saturated carbocycles. The predicted octanol–water partition coefficient (Wildman–Crippen LogP) is 4.09. The van der Waals surface area contributed by atoms with Crippen molar-refractivity contribution in [2.24, 2.45) is 5.10 Å². The molecule has 1 aromatic carbocycles. The molecule has 2 heterocycles. The predicted molar refractivity (Wildman–Crippen MR) is 123 cm³/mol. The summed E-state index contributed by atoms with van der Waals surface area (Å²) in [6.45, 7) is 1.89. The maximum atomic E-state index is 12.3. The average molecular weight is 454 g/mol. The van der Waals surface area contributed by atoms with Crippen LogP contribution in [0.15, 0.2) is 51.1 Å². The molecule has 3 aromatic rings. The first kappa shape index (κ1) is 22.3. The number of aryl methyl sites for hydroxylation is 1. The van der Waals surface area contributed by atoms with Crippen molar-refractivity contribution in [3.63, 3.8) is 0 Å². The zero-order valence-corrected chi connectivity index (χ0v) is 18.8. The van der Waals surface area contributed by atoms with Crippen molar-refractivity contribution in [3.8, 4) is 11.4 Å². The summed E-state index contributed by atoms with van der Waals surface area (Å²) < 4.78 is 7.51. The lowest BCUT2D eigenvalue weighted by molar-refractivity contribution is -0.118. The van der Waals surface area contributed by atoms with Crippen molar-refractivity contribution in [2.45, 2.75) is 56.8 Å². The SMILES string of the molecule is Cc1ccc(-c2nnc(SCC(=O)NN=Cc3ccc(CO)o3)n2C2CCCCC2)cc1. The third-order valence-corrected chi connectivity index (χ3v) is 6.41. The Labute approximate surface area is 191 Å². The number of benzene rings is 1. The zero-order chi connectivity index (χ0) is 22.3. The second kappa shape index (κ2) is 10.6. The summed E-state index contributed by atoms with van der Waals surface area (Å²) in [6.07, 6.45) is 7.25. The third-order valence-electron chi connectivity index (χ3n) is 5.47. The van der Waals surface area contributed by atoms with E-state index in [0.717, 1.165) is 29.4 Å². The van der Waals surface area contributed by atoms with Gasteiger partial charge in [0, 0.05) is 11.6 Å². The lowest BCUT2D eigenvalue weighted by Crippen LogP contribution is -2.20. The second-order valence-corrected chi connectivity index (χ2v) is 8.82. The number of hydrogen-bond acceptors (Lipinski definition) is 7. The van der Waals surface area contributed by atoms with Crippen LogP contribution in [0.1, 0.15) is 55.2 Å². The van der Waals surface area contributed by atoms with E-state index in [1.165, 1.54) is 42.8 Å². The molecule has 1 aliphatic carbocycles. The topological polar surface area (TPSA) is 106 Å². The Bertz CT molecular complexity index is 1070. The number of carbonyl (C=O) groups excluding carboxylic acids is 1. The summed E-state index contributed by atoms with van der Waals surface area (Å²) in [5.74, 6) is 1.70. The molecule has 0 bridgehead atoms. The van der Waals surface area contributed by atoms with Gasteiger partial charge in [-0.15, -0.1) is 10.2 Å². The van der Waals surface area contributed by atoms with Gasteiger partial charge in [-0.05, 0) is 31.9 Å². The number of carbonyl (C=O) groups is 1. The number of aromatic nitrogens is 3. The monoisotopic (exact) mass is 453 g/mol. The Hall–Kier alpha value is -2.91. The summed E-state index contributed by atoms with van der Waals surface area (Å²) in [4.78, 5) is 12.3. The quantitative estimate of drug-likeness (QED) is 0.302. The fourth-order valence-corrected chi connectivity index (χ4v) is 4.62. The van der Waals surface area contributed by atoms with E-state index < -0.39 is 0 Å². The highest BCUT2D eigenvalue weighted by Crippen LogP contribution is 2.35. The van der Waals surface area contributed by atoms with Crippen molar-refractivity contribution in [3.05, 3.63) is 53.5 Å². The molecular weight excluding hydrogens is 426 g/mol. The van der Waals surface area contributed by atoms with E-state index in [1.54, 1.807) is 12.1 Å². The smallest absolute Gasteiger partial charge is 0.250 e. The van der Waals surface area contributed by atoms with E-state index in [1.807, 2.05) is 0 Å². The molecule has 1 aliphatic rings.